The summed E-state index contributed by atoms with van der Waals surface area (Å²) in [6, 6.07) is 0. The summed E-state index contributed by atoms with van der Waals surface area (Å²) in [6.45, 7) is 8.23. The van der Waals surface area contributed by atoms with Crippen molar-refractivity contribution < 1.29 is 9.53 Å². The molecular formula is C10H21N3O2. The Morgan fingerprint density at radius 3 is 2.60 bits per heavy atom. The molecule has 0 saturated carbocycles. The molecule has 1 heterocycles. The molecule has 0 spiro atoms. The number of nitrogens with two attached hydrogens (primary N) is 1. The first-order valence-electron chi connectivity index (χ1n) is 5.44. The average Bonchev–Trinajstić information content (AvgIpc) is 2.27. The van der Waals surface area contributed by atoms with Gasteiger partial charge >= 0.3 is 0 Å². The second-order valence-corrected chi connectivity index (χ2v) is 4.01. The number of nitrogens with one attached hydrogen (secondary N) is 1. The molecule has 0 bridgehead atoms. The first-order valence-corrected chi connectivity index (χ1v) is 5.44. The standard InChI is InChI=1S/C10H21N3O2/c1-3-15-8-10(2,9(11)14)13-6-4-12-5-7-13/h12H,3-8H2,1-2H3,(H2,11,14). The van der Waals surface area contributed by atoms with Crippen LogP contribution in [-0.2, 0) is 9.53 Å². The average molecular weight is 215 g/mol. The highest BCUT2D eigenvalue weighted by atomic mass is 16.5. The molecule has 0 radical (unpaired) electrons. The lowest BCUT2D eigenvalue weighted by Gasteiger charge is -2.40. The van der Waals surface area contributed by atoms with Gasteiger partial charge in [-0.2, -0.15) is 0 Å². The number of amides is 1. The van der Waals surface area contributed by atoms with Gasteiger partial charge in [-0.05, 0) is 13.8 Å². The summed E-state index contributed by atoms with van der Waals surface area (Å²) >= 11 is 0. The molecule has 5 nitrogen and oxygen atoms in total. The van der Waals surface area contributed by atoms with Gasteiger partial charge in [-0.25, -0.2) is 0 Å². The first kappa shape index (κ1) is 12.4. The Kier molecular flexibility index (Phi) is 4.50. The van der Waals surface area contributed by atoms with Crippen molar-refractivity contribution in [1.82, 2.24) is 10.2 Å². The van der Waals surface area contributed by atoms with E-state index in [9.17, 15) is 4.79 Å². The van der Waals surface area contributed by atoms with Gasteiger partial charge in [0.2, 0.25) is 5.91 Å². The Bertz CT molecular complexity index is 217. The second-order valence-electron chi connectivity index (χ2n) is 4.01. The zero-order valence-corrected chi connectivity index (χ0v) is 9.58. The quantitative estimate of drug-likeness (QED) is 0.628. The summed E-state index contributed by atoms with van der Waals surface area (Å²) in [7, 11) is 0. The van der Waals surface area contributed by atoms with Crippen LogP contribution in [0.4, 0.5) is 0 Å². The number of piperazine rings is 1. The highest BCUT2D eigenvalue weighted by molar-refractivity contribution is 5.84. The fourth-order valence-electron chi connectivity index (χ4n) is 1.78. The third-order valence-electron chi connectivity index (χ3n) is 2.93. The molecule has 15 heavy (non-hydrogen) atoms. The van der Waals surface area contributed by atoms with E-state index in [-0.39, 0.29) is 5.91 Å². The monoisotopic (exact) mass is 215 g/mol. The van der Waals surface area contributed by atoms with Crippen molar-refractivity contribution >= 4 is 5.91 Å². The van der Waals surface area contributed by atoms with E-state index in [1.54, 1.807) is 0 Å². The topological polar surface area (TPSA) is 67.6 Å². The van der Waals surface area contributed by atoms with Crippen LogP contribution >= 0.6 is 0 Å². The van der Waals surface area contributed by atoms with E-state index < -0.39 is 5.54 Å². The largest absolute Gasteiger partial charge is 0.379 e. The van der Waals surface area contributed by atoms with Crippen molar-refractivity contribution in [3.63, 3.8) is 0 Å². The van der Waals surface area contributed by atoms with E-state index in [0.717, 1.165) is 26.2 Å². The summed E-state index contributed by atoms with van der Waals surface area (Å²) in [5.74, 6) is -0.308. The van der Waals surface area contributed by atoms with Gasteiger partial charge in [0.05, 0.1) is 6.61 Å². The van der Waals surface area contributed by atoms with Crippen LogP contribution in [0.2, 0.25) is 0 Å². The fraction of sp³-hybridized carbons (Fsp3) is 0.900. The van der Waals surface area contributed by atoms with Crippen LogP contribution in [0.15, 0.2) is 0 Å². The number of carbonyl (C=O) groups excluding carboxylic acids is 1. The summed E-state index contributed by atoms with van der Waals surface area (Å²) in [5.41, 5.74) is 4.79. The molecule has 1 amide bonds. The van der Waals surface area contributed by atoms with Crippen LogP contribution in [0.1, 0.15) is 13.8 Å². The molecule has 1 rings (SSSR count). The van der Waals surface area contributed by atoms with E-state index in [4.69, 9.17) is 10.5 Å². The predicted octanol–water partition coefficient (Wildman–Crippen LogP) is -0.828. The highest BCUT2D eigenvalue weighted by Gasteiger charge is 2.38. The van der Waals surface area contributed by atoms with Crippen LogP contribution in [0, 0.1) is 0 Å². The first-order chi connectivity index (χ1) is 7.11. The summed E-state index contributed by atoms with van der Waals surface area (Å²) < 4.78 is 5.35. The molecule has 0 aromatic heterocycles. The molecule has 0 aromatic carbocycles. The number of primary amides is 1. The van der Waals surface area contributed by atoms with Crippen LogP contribution in [0.5, 0.6) is 0 Å². The third kappa shape index (κ3) is 2.90. The molecule has 1 aliphatic heterocycles. The minimum Gasteiger partial charge on any atom is -0.379 e. The Morgan fingerprint density at radius 2 is 2.13 bits per heavy atom. The van der Waals surface area contributed by atoms with Crippen molar-refractivity contribution in [2.24, 2.45) is 5.73 Å². The van der Waals surface area contributed by atoms with Gasteiger partial charge < -0.3 is 15.8 Å². The molecule has 1 atom stereocenters. The molecular weight excluding hydrogens is 194 g/mol. The number of rotatable bonds is 5. The van der Waals surface area contributed by atoms with E-state index in [1.165, 1.54) is 0 Å². The van der Waals surface area contributed by atoms with Crippen molar-refractivity contribution in [2.45, 2.75) is 19.4 Å². The molecule has 0 aliphatic carbocycles. The molecule has 0 aromatic rings. The number of carbonyl (C=O) groups is 1. The predicted molar refractivity (Wildman–Crippen MR) is 58.5 cm³/mol. The molecule has 3 N–H and O–H groups in total. The number of nitrogens with zero attached hydrogens (tertiary/aromatic N) is 1. The maximum absolute atomic E-state index is 11.5. The maximum Gasteiger partial charge on any atom is 0.240 e. The number of ether oxygens (including phenoxy) is 1. The van der Waals surface area contributed by atoms with Gasteiger partial charge in [-0.3, -0.25) is 9.69 Å². The molecule has 1 fully saturated rings. The second kappa shape index (κ2) is 5.44. The number of hydrogen-bond acceptors (Lipinski definition) is 4. The zero-order chi connectivity index (χ0) is 11.3. The number of hydrogen-bond donors (Lipinski definition) is 2. The van der Waals surface area contributed by atoms with E-state index in [0.29, 0.717) is 13.2 Å². The highest BCUT2D eigenvalue weighted by Crippen LogP contribution is 2.16. The Morgan fingerprint density at radius 1 is 1.53 bits per heavy atom. The normalized spacial score (nSPS) is 22.3. The summed E-state index contributed by atoms with van der Waals surface area (Å²) in [5, 5.41) is 3.25. The summed E-state index contributed by atoms with van der Waals surface area (Å²) in [4.78, 5) is 13.6. The Labute approximate surface area is 90.9 Å². The zero-order valence-electron chi connectivity index (χ0n) is 9.58. The minimum atomic E-state index is -0.669. The van der Waals surface area contributed by atoms with Gasteiger partial charge in [-0.1, -0.05) is 0 Å². The van der Waals surface area contributed by atoms with Crippen molar-refractivity contribution in [3.8, 4) is 0 Å². The van der Waals surface area contributed by atoms with Crippen molar-refractivity contribution in [3.05, 3.63) is 0 Å². The molecule has 88 valence electrons. The van der Waals surface area contributed by atoms with Crippen LogP contribution in [0.3, 0.4) is 0 Å². The van der Waals surface area contributed by atoms with Gasteiger partial charge in [0.15, 0.2) is 0 Å². The molecule has 1 saturated heterocycles. The lowest BCUT2D eigenvalue weighted by atomic mass is 9.99. The van der Waals surface area contributed by atoms with Crippen LogP contribution in [0.25, 0.3) is 0 Å². The molecule has 1 aliphatic rings. The Balaban J connectivity index is 2.65. The Hall–Kier alpha value is -0.650. The molecule has 1 unspecified atom stereocenters. The van der Waals surface area contributed by atoms with E-state index >= 15 is 0 Å². The fourth-order valence-corrected chi connectivity index (χ4v) is 1.78. The molecule has 5 heteroatoms. The van der Waals surface area contributed by atoms with Gasteiger partial charge in [0.1, 0.15) is 5.54 Å². The van der Waals surface area contributed by atoms with Crippen LogP contribution in [-0.4, -0.2) is 55.7 Å². The SMILES string of the molecule is CCOCC(C)(C(N)=O)N1CCNCC1. The lowest BCUT2D eigenvalue weighted by Crippen LogP contribution is -2.62. The smallest absolute Gasteiger partial charge is 0.240 e. The van der Waals surface area contributed by atoms with Gasteiger partial charge in [0.25, 0.3) is 0 Å². The van der Waals surface area contributed by atoms with Crippen LogP contribution < -0.4 is 11.1 Å². The van der Waals surface area contributed by atoms with Crippen molar-refractivity contribution in [1.29, 1.82) is 0 Å². The maximum atomic E-state index is 11.5. The third-order valence-corrected chi connectivity index (χ3v) is 2.93. The lowest BCUT2D eigenvalue weighted by molar-refractivity contribution is -0.134. The van der Waals surface area contributed by atoms with Gasteiger partial charge in [0, 0.05) is 32.8 Å². The van der Waals surface area contributed by atoms with Gasteiger partial charge in [-0.15, -0.1) is 0 Å². The van der Waals surface area contributed by atoms with E-state index in [2.05, 4.69) is 10.2 Å². The summed E-state index contributed by atoms with van der Waals surface area (Å²) in [6.07, 6.45) is 0. The van der Waals surface area contributed by atoms with Crippen molar-refractivity contribution in [2.75, 3.05) is 39.4 Å². The minimum absolute atomic E-state index is 0.308. The van der Waals surface area contributed by atoms with E-state index in [1.807, 2.05) is 13.8 Å².